The van der Waals surface area contributed by atoms with E-state index in [0.29, 0.717) is 44.4 Å². The van der Waals surface area contributed by atoms with Gasteiger partial charge in [0.2, 0.25) is 5.91 Å². The number of anilines is 1. The summed E-state index contributed by atoms with van der Waals surface area (Å²) in [7, 11) is 0. The van der Waals surface area contributed by atoms with Crippen LogP contribution in [0.15, 0.2) is 41.3 Å². The largest absolute Gasteiger partial charge is 0.492 e. The molecule has 1 unspecified atom stereocenters. The second-order valence-corrected chi connectivity index (χ2v) is 10.8. The summed E-state index contributed by atoms with van der Waals surface area (Å²) >= 11 is 0. The van der Waals surface area contributed by atoms with E-state index in [1.54, 1.807) is 48.0 Å². The van der Waals surface area contributed by atoms with E-state index in [1.807, 2.05) is 12.1 Å². The van der Waals surface area contributed by atoms with E-state index in [4.69, 9.17) is 16.2 Å². The number of nitrogens with two attached hydrogens (primary N) is 2. The molecule has 1 atom stereocenters. The summed E-state index contributed by atoms with van der Waals surface area (Å²) in [4.78, 5) is 47.4. The van der Waals surface area contributed by atoms with Crippen LogP contribution in [0.2, 0.25) is 0 Å². The molecule has 2 aromatic rings. The van der Waals surface area contributed by atoms with Crippen LogP contribution in [0.25, 0.3) is 5.69 Å². The zero-order valence-corrected chi connectivity index (χ0v) is 22.8. The maximum absolute atomic E-state index is 12.7. The lowest BCUT2D eigenvalue weighted by atomic mass is 9.98. The Morgan fingerprint density at radius 1 is 1.08 bits per heavy atom. The predicted molar refractivity (Wildman–Crippen MR) is 149 cm³/mol. The number of carbonyl (C=O) groups excluding carboxylic acids is 2. The minimum absolute atomic E-state index is 0.147. The van der Waals surface area contributed by atoms with Gasteiger partial charge in [-0.1, -0.05) is 0 Å². The van der Waals surface area contributed by atoms with E-state index in [9.17, 15) is 14.4 Å². The molecule has 12 nitrogen and oxygen atoms in total. The Hall–Kier alpha value is -3.48. The smallest absolute Gasteiger partial charge is 0.354 e. The van der Waals surface area contributed by atoms with Gasteiger partial charge in [0.25, 0.3) is 0 Å². The van der Waals surface area contributed by atoms with Gasteiger partial charge in [-0.15, -0.1) is 0 Å². The average Bonchev–Trinajstić information content (AvgIpc) is 2.93. The average molecular weight is 541 g/mol. The van der Waals surface area contributed by atoms with Crippen LogP contribution in [0.5, 0.6) is 5.75 Å². The Balaban J connectivity index is 1.27. The van der Waals surface area contributed by atoms with Crippen LogP contribution in [0.1, 0.15) is 26.7 Å². The topological polar surface area (TPSA) is 152 Å². The zero-order chi connectivity index (χ0) is 28.0. The summed E-state index contributed by atoms with van der Waals surface area (Å²) in [5, 5.41) is 2.67. The van der Waals surface area contributed by atoms with E-state index < -0.39 is 11.2 Å². The minimum Gasteiger partial charge on any atom is -0.492 e. The van der Waals surface area contributed by atoms with Crippen molar-refractivity contribution in [2.24, 2.45) is 17.4 Å². The van der Waals surface area contributed by atoms with E-state index in [0.717, 1.165) is 31.9 Å². The van der Waals surface area contributed by atoms with Gasteiger partial charge in [0.1, 0.15) is 18.2 Å². The van der Waals surface area contributed by atoms with Crippen LogP contribution in [0.4, 0.5) is 10.6 Å². The highest BCUT2D eigenvalue weighted by atomic mass is 16.5. The minimum atomic E-state index is -0.951. The molecular weight excluding hydrogens is 500 g/mol. The third-order valence-electron chi connectivity index (χ3n) is 7.17. The molecule has 12 heteroatoms. The molecule has 39 heavy (non-hydrogen) atoms. The van der Waals surface area contributed by atoms with Crippen molar-refractivity contribution < 1.29 is 14.3 Å². The fraction of sp³-hybridized carbons (Fsp3) is 0.556. The highest BCUT2D eigenvalue weighted by Crippen LogP contribution is 2.17. The quantitative estimate of drug-likeness (QED) is 0.442. The van der Waals surface area contributed by atoms with Crippen molar-refractivity contribution in [1.29, 1.82) is 0 Å². The Bertz CT molecular complexity index is 1190. The van der Waals surface area contributed by atoms with Gasteiger partial charge in [0, 0.05) is 45.5 Å². The van der Waals surface area contributed by atoms with Crippen LogP contribution in [0, 0.1) is 5.92 Å². The van der Waals surface area contributed by atoms with Crippen molar-refractivity contribution in [3.63, 3.8) is 0 Å². The third-order valence-corrected chi connectivity index (χ3v) is 7.17. The molecule has 0 bridgehead atoms. The molecule has 2 fully saturated rings. The molecule has 4 rings (SSSR count). The molecular formula is C27H40N8O4. The summed E-state index contributed by atoms with van der Waals surface area (Å²) in [6.45, 7) is 9.14. The number of hydrogen-bond acceptors (Lipinski definition) is 8. The second-order valence-electron chi connectivity index (χ2n) is 10.8. The molecule has 1 aromatic heterocycles. The first-order valence-electron chi connectivity index (χ1n) is 13.5. The van der Waals surface area contributed by atoms with Crippen molar-refractivity contribution in [1.82, 2.24) is 24.3 Å². The van der Waals surface area contributed by atoms with Gasteiger partial charge in [-0.05, 0) is 76.0 Å². The van der Waals surface area contributed by atoms with E-state index in [2.05, 4.69) is 15.2 Å². The Labute approximate surface area is 228 Å². The predicted octanol–water partition coefficient (Wildman–Crippen LogP) is 0.695. The fourth-order valence-electron chi connectivity index (χ4n) is 4.92. The number of rotatable bonds is 8. The molecule has 3 amide bonds. The van der Waals surface area contributed by atoms with Gasteiger partial charge in [-0.25, -0.2) is 9.59 Å². The molecule has 2 aliphatic heterocycles. The highest BCUT2D eigenvalue weighted by Gasteiger charge is 2.31. The number of piperazine rings is 1. The second kappa shape index (κ2) is 12.6. The molecule has 0 spiro atoms. The van der Waals surface area contributed by atoms with Crippen molar-refractivity contribution in [3.05, 3.63) is 47.0 Å². The van der Waals surface area contributed by atoms with Crippen molar-refractivity contribution >= 4 is 17.8 Å². The number of nitrogens with one attached hydrogen (secondary N) is 1. The number of benzene rings is 1. The first-order valence-corrected chi connectivity index (χ1v) is 13.5. The molecule has 5 N–H and O–H groups in total. The molecule has 2 aliphatic rings. The van der Waals surface area contributed by atoms with E-state index in [-0.39, 0.29) is 17.8 Å². The maximum Gasteiger partial charge on any atom is 0.354 e. The third kappa shape index (κ3) is 7.55. The first kappa shape index (κ1) is 28.5. The zero-order valence-electron chi connectivity index (χ0n) is 22.8. The van der Waals surface area contributed by atoms with Crippen LogP contribution >= 0.6 is 0 Å². The summed E-state index contributed by atoms with van der Waals surface area (Å²) in [5.41, 5.74) is 10.9. The number of carbonyl (C=O) groups is 2. The van der Waals surface area contributed by atoms with Crippen LogP contribution in [0.3, 0.4) is 0 Å². The number of hydrogen-bond donors (Lipinski definition) is 3. The lowest BCUT2D eigenvalue weighted by Gasteiger charge is -2.37. The van der Waals surface area contributed by atoms with Gasteiger partial charge in [0.15, 0.2) is 0 Å². The maximum atomic E-state index is 12.7. The summed E-state index contributed by atoms with van der Waals surface area (Å²) in [5.74, 6) is 1.32. The number of aromatic nitrogens is 2. The van der Waals surface area contributed by atoms with Crippen LogP contribution in [-0.2, 0) is 4.79 Å². The molecule has 1 aromatic carbocycles. The first-order chi connectivity index (χ1) is 18.6. The highest BCUT2D eigenvalue weighted by molar-refractivity contribution is 5.89. The van der Waals surface area contributed by atoms with Crippen LogP contribution in [-0.4, -0.2) is 101 Å². The number of piperidine rings is 1. The number of amides is 3. The standard InChI is InChI=1S/C27H40N8O4/c1-27(2,29)24(36)33-12-14-34(15-13-33)25(37)30-23-9-11-35(26(38)31-23)21-5-7-22(8-6-21)39-17-16-32-10-3-4-20(18-28)19-32/h5-9,11,20H,3-4,10,12-19,28-29H2,1-2H3,(H,30,31,37,38). The van der Waals surface area contributed by atoms with Crippen molar-refractivity contribution in [2.75, 3.05) is 64.3 Å². The Kier molecular flexibility index (Phi) is 9.20. The van der Waals surface area contributed by atoms with E-state index in [1.165, 1.54) is 17.4 Å². The van der Waals surface area contributed by atoms with Gasteiger partial charge >= 0.3 is 11.7 Å². The molecule has 0 saturated carbocycles. The summed E-state index contributed by atoms with van der Waals surface area (Å²) in [6.07, 6.45) is 3.95. The molecule has 0 radical (unpaired) electrons. The van der Waals surface area contributed by atoms with Gasteiger partial charge in [-0.3, -0.25) is 19.6 Å². The van der Waals surface area contributed by atoms with Crippen LogP contribution < -0.4 is 27.2 Å². The molecule has 212 valence electrons. The molecule has 3 heterocycles. The monoisotopic (exact) mass is 540 g/mol. The lowest BCUT2D eigenvalue weighted by Crippen LogP contribution is -2.58. The normalized spacial score (nSPS) is 18.6. The number of urea groups is 1. The Morgan fingerprint density at radius 2 is 1.77 bits per heavy atom. The number of likely N-dealkylation sites (tertiary alicyclic amines) is 1. The van der Waals surface area contributed by atoms with E-state index >= 15 is 0 Å². The van der Waals surface area contributed by atoms with Crippen molar-refractivity contribution in [2.45, 2.75) is 32.2 Å². The number of ether oxygens (including phenoxy) is 1. The van der Waals surface area contributed by atoms with Gasteiger partial charge in [-0.2, -0.15) is 4.98 Å². The van der Waals surface area contributed by atoms with Crippen molar-refractivity contribution in [3.8, 4) is 11.4 Å². The number of nitrogens with zero attached hydrogens (tertiary/aromatic N) is 5. The SMILES string of the molecule is CC(C)(N)C(=O)N1CCN(C(=O)Nc2ccn(-c3ccc(OCCN4CCCC(CN)C4)cc3)c(=O)n2)CC1. The Morgan fingerprint density at radius 3 is 2.41 bits per heavy atom. The molecule has 2 saturated heterocycles. The fourth-order valence-corrected chi connectivity index (χ4v) is 4.92. The van der Waals surface area contributed by atoms with Gasteiger partial charge in [0.05, 0.1) is 11.2 Å². The van der Waals surface area contributed by atoms with Gasteiger partial charge < -0.3 is 26.0 Å². The lowest BCUT2D eigenvalue weighted by molar-refractivity contribution is -0.137. The summed E-state index contributed by atoms with van der Waals surface area (Å²) < 4.78 is 7.30. The summed E-state index contributed by atoms with van der Waals surface area (Å²) in [6, 6.07) is 8.45. The molecule has 0 aliphatic carbocycles.